The summed E-state index contributed by atoms with van der Waals surface area (Å²) in [4.78, 5) is 12.4. The van der Waals surface area contributed by atoms with Crippen molar-refractivity contribution >= 4 is 32.9 Å². The predicted molar refractivity (Wildman–Crippen MR) is 94.3 cm³/mol. The summed E-state index contributed by atoms with van der Waals surface area (Å²) >= 11 is 1.36. The Labute approximate surface area is 136 Å². The summed E-state index contributed by atoms with van der Waals surface area (Å²) in [6, 6.07) is 9.24. The van der Waals surface area contributed by atoms with Crippen LogP contribution in [0, 0.1) is 0 Å². The van der Waals surface area contributed by atoms with Gasteiger partial charge >= 0.3 is 0 Å². The maximum Gasteiger partial charge on any atom is 0.249 e. The molecule has 0 spiro atoms. The summed E-state index contributed by atoms with van der Waals surface area (Å²) in [5, 5.41) is 0. The van der Waals surface area contributed by atoms with Crippen molar-refractivity contribution in [2.75, 3.05) is 0 Å². The van der Waals surface area contributed by atoms with E-state index in [9.17, 15) is 9.18 Å². The molecule has 2 rings (SSSR count). The largest absolute Gasteiger partial charge is 0.457 e. The minimum atomic E-state index is -1.47. The lowest BCUT2D eigenvalue weighted by Crippen LogP contribution is -2.01. The lowest BCUT2D eigenvalue weighted by Gasteiger charge is -2.12. The third-order valence-corrected chi connectivity index (χ3v) is 4.40. The number of ether oxygens (including phenoxy) is 1. The second-order valence-electron chi connectivity index (χ2n) is 4.89. The Morgan fingerprint density at radius 2 is 2.18 bits per heavy atom. The maximum absolute atomic E-state index is 13.2. The molecule has 1 heterocycles. The van der Waals surface area contributed by atoms with Gasteiger partial charge in [-0.05, 0) is 43.2 Å². The summed E-state index contributed by atoms with van der Waals surface area (Å²) < 4.78 is 18.4. The zero-order valence-corrected chi connectivity index (χ0v) is 14.5. The SMILES string of the molecule is CC/C(C)=C/c1ccc(OC(F)P)c(-c2ccc(C=O)s2)c1. The van der Waals surface area contributed by atoms with E-state index in [0.717, 1.165) is 28.7 Å². The van der Waals surface area contributed by atoms with E-state index < -0.39 is 6.10 Å². The predicted octanol–water partition coefficient (Wildman–Crippen LogP) is 5.55. The Morgan fingerprint density at radius 3 is 2.77 bits per heavy atom. The molecule has 22 heavy (non-hydrogen) atoms. The molecule has 1 aromatic heterocycles. The Kier molecular flexibility index (Phi) is 5.87. The number of allylic oxidation sites excluding steroid dienone is 1. The lowest BCUT2D eigenvalue weighted by molar-refractivity contribution is 0.112. The molecule has 5 heteroatoms. The molecule has 0 radical (unpaired) electrons. The molecule has 116 valence electrons. The molecule has 1 aromatic carbocycles. The zero-order chi connectivity index (χ0) is 16.1. The quantitative estimate of drug-likeness (QED) is 0.511. The van der Waals surface area contributed by atoms with E-state index in [-0.39, 0.29) is 0 Å². The van der Waals surface area contributed by atoms with Gasteiger partial charge in [0.1, 0.15) is 5.75 Å². The average Bonchev–Trinajstić information content (AvgIpc) is 2.97. The van der Waals surface area contributed by atoms with Gasteiger partial charge in [-0.2, -0.15) is 4.39 Å². The van der Waals surface area contributed by atoms with Crippen molar-refractivity contribution in [1.82, 2.24) is 0 Å². The summed E-state index contributed by atoms with van der Waals surface area (Å²) in [5.41, 5.74) is 3.08. The third kappa shape index (κ3) is 4.25. The normalized spacial score (nSPS) is 13.0. The molecule has 2 nitrogen and oxygen atoms in total. The van der Waals surface area contributed by atoms with Crippen LogP contribution in [0.5, 0.6) is 5.75 Å². The fourth-order valence-electron chi connectivity index (χ4n) is 2.00. The first kappa shape index (κ1) is 16.9. The fourth-order valence-corrected chi connectivity index (χ4v) is 2.99. The third-order valence-electron chi connectivity index (χ3n) is 3.22. The van der Waals surface area contributed by atoms with Gasteiger partial charge in [0.05, 0.1) is 4.88 Å². The molecule has 0 bridgehead atoms. The number of rotatable bonds is 6. The second kappa shape index (κ2) is 7.66. The highest BCUT2D eigenvalue weighted by atomic mass is 32.1. The molecular weight excluding hydrogens is 318 g/mol. The van der Waals surface area contributed by atoms with Gasteiger partial charge in [0.15, 0.2) is 6.29 Å². The van der Waals surface area contributed by atoms with E-state index in [1.54, 1.807) is 12.1 Å². The summed E-state index contributed by atoms with van der Waals surface area (Å²) in [7, 11) is 1.97. The molecule has 0 aliphatic carbocycles. The van der Waals surface area contributed by atoms with Crippen LogP contribution < -0.4 is 4.74 Å². The number of hydrogen-bond acceptors (Lipinski definition) is 3. The Hall–Kier alpha value is -1.51. The molecule has 2 aromatic rings. The number of alkyl halides is 1. The molecule has 0 N–H and O–H groups in total. The standard InChI is InChI=1S/C17H18FO2PS/c1-3-11(2)8-12-4-6-15(20-17(18)21)14(9-12)16-7-5-13(10-19)22-16/h4-10,17H,3,21H2,1-2H3/b11-8+. The minimum Gasteiger partial charge on any atom is -0.457 e. The lowest BCUT2D eigenvalue weighted by atomic mass is 10.1. The van der Waals surface area contributed by atoms with E-state index in [4.69, 9.17) is 4.74 Å². The van der Waals surface area contributed by atoms with E-state index in [2.05, 4.69) is 19.9 Å². The number of benzene rings is 1. The van der Waals surface area contributed by atoms with Crippen LogP contribution in [0.3, 0.4) is 0 Å². The van der Waals surface area contributed by atoms with E-state index in [1.165, 1.54) is 16.9 Å². The van der Waals surface area contributed by atoms with Crippen molar-refractivity contribution in [3.05, 3.63) is 46.3 Å². The fraction of sp³-hybridized carbons (Fsp3) is 0.235. The highest BCUT2D eigenvalue weighted by Gasteiger charge is 2.12. The Balaban J connectivity index is 2.49. The summed E-state index contributed by atoms with van der Waals surface area (Å²) in [6.45, 7) is 4.17. The minimum absolute atomic E-state index is 0.466. The van der Waals surface area contributed by atoms with Gasteiger partial charge < -0.3 is 4.74 Å². The highest BCUT2D eigenvalue weighted by Crippen LogP contribution is 2.37. The van der Waals surface area contributed by atoms with Crippen molar-refractivity contribution in [2.24, 2.45) is 0 Å². The molecular formula is C17H18FO2PS. The van der Waals surface area contributed by atoms with E-state index in [1.807, 2.05) is 27.4 Å². The second-order valence-corrected chi connectivity index (χ2v) is 6.53. The van der Waals surface area contributed by atoms with Gasteiger partial charge in [-0.1, -0.05) is 33.9 Å². The zero-order valence-electron chi connectivity index (χ0n) is 12.5. The Bertz CT molecular complexity index is 692. The number of aldehydes is 1. The molecule has 0 fully saturated rings. The van der Waals surface area contributed by atoms with Crippen molar-refractivity contribution in [2.45, 2.75) is 26.4 Å². The van der Waals surface area contributed by atoms with E-state index in [0.29, 0.717) is 10.6 Å². The first-order valence-electron chi connectivity index (χ1n) is 6.96. The first-order chi connectivity index (χ1) is 10.5. The number of hydrogen-bond donors (Lipinski definition) is 0. The van der Waals surface area contributed by atoms with Gasteiger partial charge in [-0.15, -0.1) is 11.3 Å². The number of halogens is 1. The van der Waals surface area contributed by atoms with Crippen LogP contribution in [-0.2, 0) is 0 Å². The van der Waals surface area contributed by atoms with Gasteiger partial charge in [0.25, 0.3) is 0 Å². The van der Waals surface area contributed by atoms with Crippen LogP contribution in [0.2, 0.25) is 0 Å². The summed E-state index contributed by atoms with van der Waals surface area (Å²) in [6.07, 6.45) is 2.41. The topological polar surface area (TPSA) is 26.3 Å². The van der Waals surface area contributed by atoms with Gasteiger partial charge in [0, 0.05) is 10.4 Å². The molecule has 0 saturated heterocycles. The molecule has 2 unspecified atom stereocenters. The van der Waals surface area contributed by atoms with Crippen LogP contribution in [-0.4, -0.2) is 12.4 Å². The van der Waals surface area contributed by atoms with Gasteiger partial charge in [0.2, 0.25) is 6.10 Å². The van der Waals surface area contributed by atoms with Crippen LogP contribution >= 0.6 is 20.6 Å². The van der Waals surface area contributed by atoms with Crippen molar-refractivity contribution < 1.29 is 13.9 Å². The van der Waals surface area contributed by atoms with Crippen LogP contribution in [0.4, 0.5) is 4.39 Å². The monoisotopic (exact) mass is 336 g/mol. The first-order valence-corrected chi connectivity index (χ1v) is 8.44. The molecule has 2 atom stereocenters. The van der Waals surface area contributed by atoms with Crippen LogP contribution in [0.1, 0.15) is 35.5 Å². The van der Waals surface area contributed by atoms with Crippen molar-refractivity contribution in [3.8, 4) is 16.2 Å². The highest BCUT2D eigenvalue weighted by molar-refractivity contribution is 7.17. The van der Waals surface area contributed by atoms with Crippen LogP contribution in [0.15, 0.2) is 35.9 Å². The Morgan fingerprint density at radius 1 is 1.41 bits per heavy atom. The smallest absolute Gasteiger partial charge is 0.249 e. The number of thiophene rings is 1. The van der Waals surface area contributed by atoms with Gasteiger partial charge in [-0.3, -0.25) is 4.79 Å². The van der Waals surface area contributed by atoms with E-state index >= 15 is 0 Å². The van der Waals surface area contributed by atoms with Gasteiger partial charge in [-0.25, -0.2) is 0 Å². The van der Waals surface area contributed by atoms with Crippen molar-refractivity contribution in [1.29, 1.82) is 0 Å². The molecule has 0 aliphatic rings. The molecule has 0 aliphatic heterocycles. The van der Waals surface area contributed by atoms with Crippen LogP contribution in [0.25, 0.3) is 16.5 Å². The maximum atomic E-state index is 13.2. The van der Waals surface area contributed by atoms with Crippen molar-refractivity contribution in [3.63, 3.8) is 0 Å². The summed E-state index contributed by atoms with van der Waals surface area (Å²) in [5.74, 6) is 0.466. The average molecular weight is 336 g/mol. The molecule has 0 amide bonds. The number of carbonyl (C=O) groups is 1. The number of carbonyl (C=O) groups excluding carboxylic acids is 1. The molecule has 0 saturated carbocycles.